The van der Waals surface area contributed by atoms with Crippen LogP contribution in [0.3, 0.4) is 0 Å². The molecule has 2 nitrogen and oxygen atoms in total. The quantitative estimate of drug-likeness (QED) is 0.661. The molecule has 1 aliphatic heterocycles. The van der Waals surface area contributed by atoms with E-state index in [0.29, 0.717) is 6.04 Å². The van der Waals surface area contributed by atoms with Gasteiger partial charge in [-0.1, -0.05) is 20.3 Å². The van der Waals surface area contributed by atoms with Crippen LogP contribution < -0.4 is 4.57 Å². The summed E-state index contributed by atoms with van der Waals surface area (Å²) in [7, 11) is 4.32. The average molecular weight is 221 g/mol. The van der Waals surface area contributed by atoms with Gasteiger partial charge < -0.3 is 0 Å². The first kappa shape index (κ1) is 13.2. The van der Waals surface area contributed by atoms with E-state index in [1.54, 1.807) is 0 Å². The number of aryl methyl sites for hydroxylation is 1. The highest BCUT2D eigenvalue weighted by atomic mass is 15.1. The lowest BCUT2D eigenvalue weighted by atomic mass is 9.97. The van der Waals surface area contributed by atoms with Gasteiger partial charge in [0.15, 0.2) is 12.4 Å². The van der Waals surface area contributed by atoms with E-state index in [1.165, 1.54) is 31.4 Å². The molecule has 1 aromatic heterocycles. The zero-order chi connectivity index (χ0) is 12.0. The van der Waals surface area contributed by atoms with Crippen LogP contribution in [0, 0.1) is 0 Å². The third kappa shape index (κ3) is 3.31. The van der Waals surface area contributed by atoms with Crippen LogP contribution in [0.5, 0.6) is 0 Å². The predicted molar refractivity (Wildman–Crippen MR) is 68.2 cm³/mol. The molecule has 0 aromatic carbocycles. The monoisotopic (exact) mass is 221 g/mol. The highest BCUT2D eigenvalue weighted by Crippen LogP contribution is 2.28. The molecule has 90 valence electrons. The van der Waals surface area contributed by atoms with Gasteiger partial charge in [-0.05, 0) is 32.5 Å². The van der Waals surface area contributed by atoms with Gasteiger partial charge in [0.1, 0.15) is 7.05 Å². The van der Waals surface area contributed by atoms with Crippen molar-refractivity contribution in [2.75, 3.05) is 13.6 Å². The molecular weight excluding hydrogens is 196 g/mol. The minimum absolute atomic E-state index is 0.635. The number of rotatable bonds is 1. The summed E-state index contributed by atoms with van der Waals surface area (Å²) in [4.78, 5) is 2.47. The summed E-state index contributed by atoms with van der Waals surface area (Å²) in [5, 5.41) is 0. The number of nitrogens with zero attached hydrogens (tertiary/aromatic N) is 2. The molecule has 0 amide bonds. The third-order valence-electron chi connectivity index (χ3n) is 3.12. The Kier molecular flexibility index (Phi) is 5.47. The zero-order valence-electron chi connectivity index (χ0n) is 11.1. The van der Waals surface area contributed by atoms with Crippen molar-refractivity contribution in [2.45, 2.75) is 39.2 Å². The van der Waals surface area contributed by atoms with E-state index in [2.05, 4.69) is 48.1 Å². The van der Waals surface area contributed by atoms with Gasteiger partial charge in [-0.2, -0.15) is 0 Å². The Morgan fingerprint density at radius 1 is 1.31 bits per heavy atom. The molecule has 1 fully saturated rings. The van der Waals surface area contributed by atoms with Gasteiger partial charge in [0.2, 0.25) is 0 Å². The van der Waals surface area contributed by atoms with Crippen molar-refractivity contribution >= 4 is 0 Å². The smallest absolute Gasteiger partial charge is 0.173 e. The van der Waals surface area contributed by atoms with Crippen LogP contribution in [0.25, 0.3) is 0 Å². The van der Waals surface area contributed by atoms with Crippen LogP contribution in [-0.4, -0.2) is 18.5 Å². The van der Waals surface area contributed by atoms with E-state index in [9.17, 15) is 0 Å². The summed E-state index contributed by atoms with van der Waals surface area (Å²) in [6, 6.07) is 5.01. The molecule has 16 heavy (non-hydrogen) atoms. The Morgan fingerprint density at radius 2 is 2.06 bits per heavy atom. The molecule has 2 heterocycles. The fourth-order valence-electron chi connectivity index (χ4n) is 2.30. The highest BCUT2D eigenvalue weighted by Gasteiger charge is 2.21. The SMILES string of the molecule is CC.CN1CCCCC1c1ccc[n+](C)c1. The highest BCUT2D eigenvalue weighted by molar-refractivity contribution is 5.12. The number of aromatic nitrogens is 1. The Bertz CT molecular complexity index is 309. The second-order valence-corrected chi connectivity index (χ2v) is 4.29. The van der Waals surface area contributed by atoms with Crippen LogP contribution >= 0.6 is 0 Å². The van der Waals surface area contributed by atoms with Gasteiger partial charge in [0.05, 0.1) is 0 Å². The van der Waals surface area contributed by atoms with Gasteiger partial charge in [-0.15, -0.1) is 0 Å². The average Bonchev–Trinajstić information content (AvgIpc) is 2.32. The summed E-state index contributed by atoms with van der Waals surface area (Å²) >= 11 is 0. The fourth-order valence-corrected chi connectivity index (χ4v) is 2.30. The second-order valence-electron chi connectivity index (χ2n) is 4.29. The van der Waals surface area contributed by atoms with Gasteiger partial charge in [-0.3, -0.25) is 4.90 Å². The molecule has 1 unspecified atom stereocenters. The normalized spacial score (nSPS) is 21.1. The molecule has 0 radical (unpaired) electrons. The van der Waals surface area contributed by atoms with Gasteiger partial charge >= 0.3 is 0 Å². The van der Waals surface area contributed by atoms with Gasteiger partial charge in [0, 0.05) is 17.7 Å². The van der Waals surface area contributed by atoms with Crippen molar-refractivity contribution in [3.63, 3.8) is 0 Å². The van der Waals surface area contributed by atoms with Crippen LogP contribution in [0.4, 0.5) is 0 Å². The molecule has 0 bridgehead atoms. The van der Waals surface area contributed by atoms with Crippen molar-refractivity contribution < 1.29 is 4.57 Å². The predicted octanol–water partition coefficient (Wildman–Crippen LogP) is 2.69. The lowest BCUT2D eigenvalue weighted by Crippen LogP contribution is -2.33. The van der Waals surface area contributed by atoms with E-state index in [1.807, 2.05) is 13.8 Å². The number of piperidine rings is 1. The minimum atomic E-state index is 0.635. The maximum atomic E-state index is 2.47. The molecular formula is C14H25N2+. The molecule has 0 spiro atoms. The molecule has 2 rings (SSSR count). The standard InChI is InChI=1S/C12H19N2.C2H6/c1-13-8-5-6-11(10-13)12-7-3-4-9-14(12)2;1-2/h5-6,8,10,12H,3-4,7,9H2,1-2H3;1-2H3/q+1;. The number of hydrogen-bond acceptors (Lipinski definition) is 1. The Labute approximate surface area is 99.9 Å². The molecule has 0 N–H and O–H groups in total. The molecule has 1 saturated heterocycles. The number of pyridine rings is 1. The molecule has 1 aliphatic rings. The lowest BCUT2D eigenvalue weighted by Gasteiger charge is -2.31. The van der Waals surface area contributed by atoms with Crippen molar-refractivity contribution in [3.8, 4) is 0 Å². The van der Waals surface area contributed by atoms with E-state index in [4.69, 9.17) is 0 Å². The second kappa shape index (κ2) is 6.64. The first-order valence-electron chi connectivity index (χ1n) is 6.43. The molecule has 1 aromatic rings. The third-order valence-corrected chi connectivity index (χ3v) is 3.12. The Hall–Kier alpha value is -0.890. The molecule has 2 heteroatoms. The Balaban J connectivity index is 0.000000606. The maximum Gasteiger partial charge on any atom is 0.173 e. The molecule has 0 saturated carbocycles. The van der Waals surface area contributed by atoms with Crippen molar-refractivity contribution in [3.05, 3.63) is 30.1 Å². The van der Waals surface area contributed by atoms with E-state index in [-0.39, 0.29) is 0 Å². The van der Waals surface area contributed by atoms with Crippen molar-refractivity contribution in [1.29, 1.82) is 0 Å². The summed E-state index contributed by atoms with van der Waals surface area (Å²) in [6.45, 7) is 5.24. The first-order valence-corrected chi connectivity index (χ1v) is 6.43. The van der Waals surface area contributed by atoms with E-state index < -0.39 is 0 Å². The van der Waals surface area contributed by atoms with Crippen LogP contribution in [0.1, 0.15) is 44.7 Å². The van der Waals surface area contributed by atoms with Crippen molar-refractivity contribution in [2.24, 2.45) is 7.05 Å². The maximum absolute atomic E-state index is 2.47. The number of hydrogen-bond donors (Lipinski definition) is 0. The zero-order valence-corrected chi connectivity index (χ0v) is 11.1. The summed E-state index contributed by atoms with van der Waals surface area (Å²) in [6.07, 6.45) is 8.36. The van der Waals surface area contributed by atoms with E-state index in [0.717, 1.165) is 0 Å². The van der Waals surface area contributed by atoms with E-state index >= 15 is 0 Å². The summed E-state index contributed by atoms with van der Waals surface area (Å²) < 4.78 is 2.14. The molecule has 0 aliphatic carbocycles. The fraction of sp³-hybridized carbons (Fsp3) is 0.643. The Morgan fingerprint density at radius 3 is 2.69 bits per heavy atom. The lowest BCUT2D eigenvalue weighted by molar-refractivity contribution is -0.672. The van der Waals surface area contributed by atoms with Crippen LogP contribution in [0.2, 0.25) is 0 Å². The first-order chi connectivity index (χ1) is 7.77. The minimum Gasteiger partial charge on any atom is -0.299 e. The largest absolute Gasteiger partial charge is 0.299 e. The van der Waals surface area contributed by atoms with Gasteiger partial charge in [-0.25, -0.2) is 4.57 Å². The van der Waals surface area contributed by atoms with Crippen LogP contribution in [-0.2, 0) is 7.05 Å². The topological polar surface area (TPSA) is 7.12 Å². The van der Waals surface area contributed by atoms with Crippen LogP contribution in [0.15, 0.2) is 24.5 Å². The van der Waals surface area contributed by atoms with Crippen molar-refractivity contribution in [1.82, 2.24) is 4.90 Å². The number of likely N-dealkylation sites (tertiary alicyclic amines) is 1. The summed E-state index contributed by atoms with van der Waals surface area (Å²) in [5.74, 6) is 0. The summed E-state index contributed by atoms with van der Waals surface area (Å²) in [5.41, 5.74) is 1.46. The molecule has 1 atom stereocenters. The van der Waals surface area contributed by atoms with Gasteiger partial charge in [0.25, 0.3) is 0 Å².